The molecule has 12 aromatic rings. The smallest absolute Gasteiger partial charge is 0.252 e. The van der Waals surface area contributed by atoms with Crippen LogP contribution in [-0.4, -0.2) is 13.4 Å². The summed E-state index contributed by atoms with van der Waals surface area (Å²) in [5, 5.41) is 0. The summed E-state index contributed by atoms with van der Waals surface area (Å²) in [6.07, 6.45) is 5.20. The van der Waals surface area contributed by atoms with Gasteiger partial charge in [0.05, 0.1) is 11.4 Å². The first-order valence-electron chi connectivity index (χ1n) is 42.9. The van der Waals surface area contributed by atoms with Gasteiger partial charge in [-0.15, -0.1) is 0 Å². The monoisotopic (exact) mass is 1490 g/mol. The van der Waals surface area contributed by atoms with Gasteiger partial charge in [0.15, 0.2) is 0 Å². The highest BCUT2D eigenvalue weighted by Crippen LogP contribution is 2.59. The molecule has 0 spiro atoms. The van der Waals surface area contributed by atoms with Crippen molar-refractivity contribution in [3.8, 4) is 22.3 Å². The molecule has 0 saturated heterocycles. The van der Waals surface area contributed by atoms with Crippen LogP contribution in [0.2, 0.25) is 0 Å². The van der Waals surface area contributed by atoms with Crippen LogP contribution in [0.15, 0.2) is 224 Å². The van der Waals surface area contributed by atoms with Gasteiger partial charge in [-0.2, -0.15) is 0 Å². The Labute approximate surface area is 683 Å². The highest BCUT2D eigenvalue weighted by atomic mass is 15.2. The third-order valence-corrected chi connectivity index (χ3v) is 28.0. The van der Waals surface area contributed by atoms with E-state index in [1.807, 2.05) is 0 Å². The Morgan fingerprint density at radius 1 is 0.360 bits per heavy atom. The van der Waals surface area contributed by atoms with Crippen LogP contribution in [0.25, 0.3) is 22.3 Å². The van der Waals surface area contributed by atoms with Crippen molar-refractivity contribution < 1.29 is 0 Å². The highest BCUT2D eigenvalue weighted by Gasteiger charge is 2.52. The lowest BCUT2D eigenvalue weighted by atomic mass is 9.33. The van der Waals surface area contributed by atoms with Crippen LogP contribution < -0.4 is 52.4 Å². The van der Waals surface area contributed by atoms with Crippen molar-refractivity contribution in [1.29, 1.82) is 0 Å². The number of fused-ring (bicyclic) bond motifs is 10. The second kappa shape index (κ2) is 26.8. The van der Waals surface area contributed by atoms with Crippen LogP contribution in [-0.2, 0) is 45.3 Å². The van der Waals surface area contributed by atoms with Crippen molar-refractivity contribution in [2.75, 3.05) is 19.6 Å². The SMILES string of the molecule is CCc1ccc(N2c3ccc(CC)cc3B3c4cc5c(cc4N(c4ccc(C(C)(C)C)cc4-c4ccccc4)c4cc(C)cc2c43)C(C)(C)CC(c2cccc(-c3cc(C(C)(C)C)ccc3N3c4cc6c(cc4B4c7cc(C(C)C)ccc7N(c7ccc(C(C)C)cc7)c7cc(C)cc3c74)C(C)(C)CCC6(C)C)c2)C5(C)C)cc1. The van der Waals surface area contributed by atoms with Gasteiger partial charge in [-0.25, -0.2) is 0 Å². The van der Waals surface area contributed by atoms with E-state index >= 15 is 0 Å². The summed E-state index contributed by atoms with van der Waals surface area (Å²) in [6, 6.07) is 90.8. The van der Waals surface area contributed by atoms with Gasteiger partial charge in [0.1, 0.15) is 0 Å². The highest BCUT2D eigenvalue weighted by molar-refractivity contribution is 7.01. The minimum absolute atomic E-state index is 0.00510. The zero-order valence-electron chi connectivity index (χ0n) is 72.1. The van der Waals surface area contributed by atoms with Crippen molar-refractivity contribution in [2.45, 2.75) is 235 Å². The van der Waals surface area contributed by atoms with E-state index in [1.54, 1.807) is 0 Å². The van der Waals surface area contributed by atoms with E-state index in [2.05, 4.69) is 396 Å². The predicted molar refractivity (Wildman–Crippen MR) is 494 cm³/mol. The van der Waals surface area contributed by atoms with Gasteiger partial charge in [0.25, 0.3) is 13.4 Å². The fraction of sp³-hybridized carbons (Fsp3) is 0.333. The number of rotatable bonds is 11. The molecule has 1 atom stereocenters. The molecule has 114 heavy (non-hydrogen) atoms. The number of hydrogen-bond acceptors (Lipinski definition) is 4. The second-order valence-corrected chi connectivity index (χ2v) is 40.1. The number of benzene rings is 12. The maximum absolute atomic E-state index is 2.76. The molecular weight excluding hydrogens is 1370 g/mol. The quantitative estimate of drug-likeness (QED) is 0.120. The van der Waals surface area contributed by atoms with Gasteiger partial charge in [-0.3, -0.25) is 0 Å². The summed E-state index contributed by atoms with van der Waals surface area (Å²) in [4.78, 5) is 10.7. The largest absolute Gasteiger partial charge is 0.311 e. The number of aryl methyl sites for hydroxylation is 4. The van der Waals surface area contributed by atoms with Gasteiger partial charge in [-0.1, -0.05) is 266 Å². The standard InChI is InChI=1S/C108H116B2N4/c1-23-69-33-41-78(42-34-69)111-93-45-35-70(24-2)55-87(93)109-90-61-85-84(63-96(90)113(99-53-67(7)51-97(111)101(99)109)91-47-39-76(103(9,10)11)58-80(91)72-29-26-25-27-30-72)107(19,20)64-86(108(85,21)22)75-32-28-31-74(56-75)81-59-77(104(12,13)14)40-48-92(81)114-95-62-83-82(105(15,16)49-50-106(83,17)18)60-89(95)110-88-57-73(66(5)6)38-46-94(88)112(79-43-36-71(37-44-79)65(3)4)98-52-68(8)54-100(114)102(98)110/h25-48,51-63,65-66,86H,23-24,49-50,64H2,1-22H3. The number of anilines is 12. The van der Waals surface area contributed by atoms with Crippen molar-refractivity contribution in [1.82, 2.24) is 0 Å². The van der Waals surface area contributed by atoms with Gasteiger partial charge in [0, 0.05) is 68.0 Å². The molecule has 0 N–H and O–H groups in total. The molecule has 574 valence electrons. The predicted octanol–water partition coefficient (Wildman–Crippen LogP) is 25.9. The van der Waals surface area contributed by atoms with E-state index in [-0.39, 0.29) is 51.8 Å². The van der Waals surface area contributed by atoms with Crippen molar-refractivity contribution in [3.05, 3.63) is 297 Å². The maximum Gasteiger partial charge on any atom is 0.252 e. The lowest BCUT2D eigenvalue weighted by Crippen LogP contribution is -2.62. The lowest BCUT2D eigenvalue weighted by Gasteiger charge is -2.50. The molecule has 0 saturated carbocycles. The lowest BCUT2D eigenvalue weighted by molar-refractivity contribution is 0.283. The second-order valence-electron chi connectivity index (χ2n) is 40.1. The Morgan fingerprint density at radius 2 is 0.781 bits per heavy atom. The van der Waals surface area contributed by atoms with Crippen LogP contribution in [0.1, 0.15) is 248 Å². The minimum Gasteiger partial charge on any atom is -0.311 e. The third kappa shape index (κ3) is 12.0. The summed E-state index contributed by atoms with van der Waals surface area (Å²) in [6.45, 7) is 53.1. The normalized spacial score (nSPS) is 17.1. The Balaban J connectivity index is 0.848. The molecule has 18 rings (SSSR count). The first-order chi connectivity index (χ1) is 54.1. The van der Waals surface area contributed by atoms with Crippen molar-refractivity contribution in [3.63, 3.8) is 0 Å². The zero-order chi connectivity index (χ0) is 80.1. The molecule has 0 amide bonds. The molecule has 4 aliphatic heterocycles. The Hall–Kier alpha value is -10.0. The molecule has 4 heterocycles. The van der Waals surface area contributed by atoms with Crippen molar-refractivity contribution in [2.24, 2.45) is 0 Å². The molecule has 6 aliphatic rings. The summed E-state index contributed by atoms with van der Waals surface area (Å²) in [7, 11) is 0. The van der Waals surface area contributed by atoms with E-state index in [0.29, 0.717) is 11.8 Å². The summed E-state index contributed by atoms with van der Waals surface area (Å²) >= 11 is 0. The van der Waals surface area contributed by atoms with E-state index in [9.17, 15) is 0 Å². The molecule has 1 unspecified atom stereocenters. The van der Waals surface area contributed by atoms with E-state index < -0.39 is 0 Å². The third-order valence-electron chi connectivity index (χ3n) is 28.0. The maximum atomic E-state index is 2.76. The van der Waals surface area contributed by atoms with E-state index in [4.69, 9.17) is 0 Å². The van der Waals surface area contributed by atoms with Crippen LogP contribution in [0.3, 0.4) is 0 Å². The Bertz CT molecular complexity index is 5890. The van der Waals surface area contributed by atoms with Crippen molar-refractivity contribution >= 4 is 114 Å². The van der Waals surface area contributed by atoms with Crippen LogP contribution >= 0.6 is 0 Å². The number of hydrogen-bond donors (Lipinski definition) is 0. The fourth-order valence-electron chi connectivity index (χ4n) is 21.1. The molecular formula is C108H116B2N4. The van der Waals surface area contributed by atoms with Gasteiger partial charge in [-0.05, 0) is 309 Å². The van der Waals surface area contributed by atoms with Crippen LogP contribution in [0, 0.1) is 13.8 Å². The molecule has 4 nitrogen and oxygen atoms in total. The van der Waals surface area contributed by atoms with Gasteiger partial charge >= 0.3 is 0 Å². The zero-order valence-corrected chi connectivity index (χ0v) is 72.1. The molecule has 0 aromatic heterocycles. The van der Waals surface area contributed by atoms with Gasteiger partial charge < -0.3 is 19.6 Å². The molecule has 2 aliphatic carbocycles. The average Bonchev–Trinajstić information content (AvgIpc) is 0.690. The fourth-order valence-corrected chi connectivity index (χ4v) is 21.1. The number of nitrogens with zero attached hydrogens (tertiary/aromatic N) is 4. The Morgan fingerprint density at radius 3 is 1.29 bits per heavy atom. The average molecular weight is 1490 g/mol. The minimum atomic E-state index is -0.316. The molecule has 12 aromatic carbocycles. The summed E-state index contributed by atoms with van der Waals surface area (Å²) < 4.78 is 0. The Kier molecular flexibility index (Phi) is 17.7. The molecule has 0 fully saturated rings. The molecule has 6 heteroatoms. The molecule has 0 bridgehead atoms. The first-order valence-corrected chi connectivity index (χ1v) is 42.9. The first kappa shape index (κ1) is 75.3. The van der Waals surface area contributed by atoms with Crippen LogP contribution in [0.5, 0.6) is 0 Å². The topological polar surface area (TPSA) is 13.0 Å². The van der Waals surface area contributed by atoms with Gasteiger partial charge in [0.2, 0.25) is 0 Å². The summed E-state index contributed by atoms with van der Waals surface area (Å²) in [5.74, 6) is 0.948. The van der Waals surface area contributed by atoms with Crippen LogP contribution in [0.4, 0.5) is 68.2 Å². The summed E-state index contributed by atoms with van der Waals surface area (Å²) in [5.41, 5.74) is 45.2. The van der Waals surface area contributed by atoms with E-state index in [0.717, 1.165) is 32.1 Å². The van der Waals surface area contributed by atoms with E-state index in [1.165, 1.54) is 196 Å². The molecule has 0 radical (unpaired) electrons.